The van der Waals surface area contributed by atoms with Crippen LogP contribution in [0.4, 0.5) is 11.8 Å². The molecule has 8 heteroatoms. The van der Waals surface area contributed by atoms with Crippen LogP contribution in [-0.2, 0) is 0 Å². The fraction of sp³-hybridized carbons (Fsp3) is 0.545. The second-order valence-electron chi connectivity index (χ2n) is 4.93. The summed E-state index contributed by atoms with van der Waals surface area (Å²) in [6, 6.07) is 0.0332. The van der Waals surface area contributed by atoms with Crippen molar-refractivity contribution in [3.05, 3.63) is 6.33 Å². The smallest absolute Gasteiger partial charge is 0.224 e. The van der Waals surface area contributed by atoms with Gasteiger partial charge in [0.1, 0.15) is 5.52 Å². The zero-order valence-electron chi connectivity index (χ0n) is 10.3. The molecule has 0 unspecified atom stereocenters. The number of aliphatic hydroxyl groups excluding tert-OH is 2. The molecule has 1 fully saturated rings. The van der Waals surface area contributed by atoms with E-state index in [0.29, 0.717) is 24.0 Å². The minimum absolute atomic E-state index is 0.0242. The molecule has 1 aliphatic carbocycles. The Balaban J connectivity index is 2.02. The lowest BCUT2D eigenvalue weighted by molar-refractivity contribution is 0.0906. The molecule has 0 amide bonds. The first-order valence-corrected chi connectivity index (χ1v) is 6.14. The lowest BCUT2D eigenvalue weighted by Crippen LogP contribution is -2.16. The third-order valence-corrected chi connectivity index (χ3v) is 3.73. The first kappa shape index (κ1) is 12.1. The van der Waals surface area contributed by atoms with Crippen molar-refractivity contribution in [1.82, 2.24) is 19.5 Å². The van der Waals surface area contributed by atoms with Crippen molar-refractivity contribution in [3.8, 4) is 0 Å². The summed E-state index contributed by atoms with van der Waals surface area (Å²) < 4.78 is 1.85. The summed E-state index contributed by atoms with van der Waals surface area (Å²) in [5.74, 6) is 0.237. The van der Waals surface area contributed by atoms with E-state index in [-0.39, 0.29) is 30.3 Å². The number of nitrogen functional groups attached to an aromatic ring is 2. The van der Waals surface area contributed by atoms with E-state index in [9.17, 15) is 10.2 Å². The van der Waals surface area contributed by atoms with Gasteiger partial charge in [-0.05, 0) is 12.8 Å². The molecule has 0 aromatic carbocycles. The van der Waals surface area contributed by atoms with Gasteiger partial charge in [0.05, 0.1) is 12.4 Å². The van der Waals surface area contributed by atoms with Crippen LogP contribution in [0.1, 0.15) is 18.9 Å². The summed E-state index contributed by atoms with van der Waals surface area (Å²) in [4.78, 5) is 12.2. The van der Waals surface area contributed by atoms with Gasteiger partial charge in [-0.15, -0.1) is 0 Å². The maximum atomic E-state index is 9.86. The highest BCUT2D eigenvalue weighted by Gasteiger charge is 2.34. The summed E-state index contributed by atoms with van der Waals surface area (Å²) >= 11 is 0. The molecule has 2 aromatic heterocycles. The van der Waals surface area contributed by atoms with Crippen molar-refractivity contribution in [2.45, 2.75) is 25.0 Å². The Morgan fingerprint density at radius 1 is 1.32 bits per heavy atom. The van der Waals surface area contributed by atoms with E-state index < -0.39 is 6.10 Å². The molecule has 3 rings (SSSR count). The molecule has 0 radical (unpaired) electrons. The van der Waals surface area contributed by atoms with E-state index in [0.717, 1.165) is 0 Å². The Morgan fingerprint density at radius 3 is 2.79 bits per heavy atom. The molecule has 0 saturated heterocycles. The normalized spacial score (nSPS) is 27.2. The molecular weight excluding hydrogens is 248 g/mol. The molecule has 19 heavy (non-hydrogen) atoms. The first-order valence-electron chi connectivity index (χ1n) is 6.14. The average molecular weight is 264 g/mol. The van der Waals surface area contributed by atoms with Crippen LogP contribution in [-0.4, -0.2) is 42.4 Å². The number of rotatable bonds is 2. The van der Waals surface area contributed by atoms with E-state index in [2.05, 4.69) is 15.0 Å². The third kappa shape index (κ3) is 1.89. The summed E-state index contributed by atoms with van der Waals surface area (Å²) in [7, 11) is 0. The van der Waals surface area contributed by atoms with Crippen LogP contribution in [0, 0.1) is 5.92 Å². The van der Waals surface area contributed by atoms with Crippen LogP contribution in [0.2, 0.25) is 0 Å². The Hall–Kier alpha value is -1.93. The maximum absolute atomic E-state index is 9.86. The molecule has 2 aromatic rings. The maximum Gasteiger partial charge on any atom is 0.224 e. The van der Waals surface area contributed by atoms with E-state index >= 15 is 0 Å². The number of aliphatic hydroxyl groups is 2. The second kappa shape index (κ2) is 4.32. The topological polar surface area (TPSA) is 136 Å². The highest BCUT2D eigenvalue weighted by molar-refractivity contribution is 5.82. The molecule has 0 spiro atoms. The number of fused-ring (bicyclic) bond motifs is 1. The summed E-state index contributed by atoms with van der Waals surface area (Å²) in [6.45, 7) is -0.0242. The average Bonchev–Trinajstić information content (AvgIpc) is 2.92. The van der Waals surface area contributed by atoms with Crippen molar-refractivity contribution in [1.29, 1.82) is 0 Å². The van der Waals surface area contributed by atoms with Gasteiger partial charge in [0.2, 0.25) is 5.95 Å². The summed E-state index contributed by atoms with van der Waals surface area (Å²) in [5.41, 5.74) is 12.4. The van der Waals surface area contributed by atoms with E-state index in [4.69, 9.17) is 11.5 Å². The molecule has 8 nitrogen and oxygen atoms in total. The van der Waals surface area contributed by atoms with Gasteiger partial charge < -0.3 is 26.2 Å². The fourth-order valence-electron chi connectivity index (χ4n) is 2.72. The lowest BCUT2D eigenvalue weighted by atomic mass is 10.1. The van der Waals surface area contributed by atoms with Crippen LogP contribution in [0.15, 0.2) is 6.33 Å². The number of anilines is 2. The zero-order valence-corrected chi connectivity index (χ0v) is 10.3. The Labute approximate surface area is 109 Å². The summed E-state index contributed by atoms with van der Waals surface area (Å²) in [5, 5.41) is 19.1. The number of hydrogen-bond donors (Lipinski definition) is 4. The molecule has 1 saturated carbocycles. The van der Waals surface area contributed by atoms with Gasteiger partial charge >= 0.3 is 0 Å². The van der Waals surface area contributed by atoms with Gasteiger partial charge in [-0.3, -0.25) is 0 Å². The quantitative estimate of drug-likeness (QED) is 0.562. The van der Waals surface area contributed by atoms with Gasteiger partial charge in [0.15, 0.2) is 11.5 Å². The van der Waals surface area contributed by atoms with Crippen LogP contribution in [0.5, 0.6) is 0 Å². The fourth-order valence-corrected chi connectivity index (χ4v) is 2.72. The molecule has 1 aliphatic rings. The van der Waals surface area contributed by atoms with Gasteiger partial charge in [-0.2, -0.15) is 9.97 Å². The SMILES string of the molecule is Nc1nc(N)c2ncn([C@H]3C[C@@H](CO)[C@H](O)C3)c2n1. The van der Waals surface area contributed by atoms with Gasteiger partial charge in [-0.25, -0.2) is 4.98 Å². The molecule has 6 N–H and O–H groups in total. The largest absolute Gasteiger partial charge is 0.396 e. The molecule has 0 aliphatic heterocycles. The Morgan fingerprint density at radius 2 is 2.11 bits per heavy atom. The van der Waals surface area contributed by atoms with Crippen molar-refractivity contribution in [3.63, 3.8) is 0 Å². The van der Waals surface area contributed by atoms with Gasteiger partial charge in [0.25, 0.3) is 0 Å². The van der Waals surface area contributed by atoms with E-state index in [1.807, 2.05) is 4.57 Å². The predicted molar refractivity (Wildman–Crippen MR) is 69.0 cm³/mol. The van der Waals surface area contributed by atoms with E-state index in [1.54, 1.807) is 6.33 Å². The molecule has 102 valence electrons. The third-order valence-electron chi connectivity index (χ3n) is 3.73. The Kier molecular flexibility index (Phi) is 2.76. The molecule has 3 atom stereocenters. The van der Waals surface area contributed by atoms with Crippen molar-refractivity contribution in [2.24, 2.45) is 5.92 Å². The summed E-state index contributed by atoms with van der Waals surface area (Å²) in [6.07, 6.45) is 2.35. The number of aromatic nitrogens is 4. The first-order chi connectivity index (χ1) is 9.10. The molecule has 2 heterocycles. The zero-order chi connectivity index (χ0) is 13.6. The van der Waals surface area contributed by atoms with Crippen molar-refractivity contribution < 1.29 is 10.2 Å². The Bertz CT molecular complexity index is 612. The van der Waals surface area contributed by atoms with Gasteiger partial charge in [0, 0.05) is 18.6 Å². The minimum Gasteiger partial charge on any atom is -0.396 e. The van der Waals surface area contributed by atoms with Crippen LogP contribution in [0.25, 0.3) is 11.2 Å². The van der Waals surface area contributed by atoms with Crippen LogP contribution < -0.4 is 11.5 Å². The minimum atomic E-state index is -0.510. The van der Waals surface area contributed by atoms with Crippen LogP contribution >= 0.6 is 0 Å². The number of nitrogens with zero attached hydrogens (tertiary/aromatic N) is 4. The number of nitrogens with two attached hydrogens (primary N) is 2. The number of imidazole rings is 1. The van der Waals surface area contributed by atoms with Gasteiger partial charge in [-0.1, -0.05) is 0 Å². The predicted octanol–water partition coefficient (Wildman–Crippen LogP) is -0.705. The molecular formula is C11H16N6O2. The highest BCUT2D eigenvalue weighted by atomic mass is 16.3. The molecule has 0 bridgehead atoms. The monoisotopic (exact) mass is 264 g/mol. The number of hydrogen-bond acceptors (Lipinski definition) is 7. The highest BCUT2D eigenvalue weighted by Crippen LogP contribution is 2.36. The van der Waals surface area contributed by atoms with Crippen LogP contribution in [0.3, 0.4) is 0 Å². The van der Waals surface area contributed by atoms with Crippen molar-refractivity contribution in [2.75, 3.05) is 18.1 Å². The standard InChI is InChI=1S/C11H16N6O2/c12-9-8-10(16-11(13)15-9)17(4-14-8)6-1-5(3-18)7(19)2-6/h4-7,18-19H,1-3H2,(H4,12,13,15,16)/t5-,6-,7+/m0/s1. The van der Waals surface area contributed by atoms with Crippen molar-refractivity contribution >= 4 is 22.9 Å². The lowest BCUT2D eigenvalue weighted by Gasteiger charge is -2.12. The van der Waals surface area contributed by atoms with E-state index in [1.165, 1.54) is 0 Å². The second-order valence-corrected chi connectivity index (χ2v) is 4.93.